The van der Waals surface area contributed by atoms with Crippen molar-refractivity contribution in [1.29, 1.82) is 0 Å². The number of aliphatic hydroxyl groups excluding tert-OH is 2. The Morgan fingerprint density at radius 2 is 1.16 bits per heavy atom. The number of rotatable bonds is 28. The molecule has 4 rings (SSSR count). The fourth-order valence-corrected chi connectivity index (χ4v) is 8.35. The minimum atomic E-state index is -1.56. The molecule has 4 aromatic rings. The van der Waals surface area contributed by atoms with E-state index in [1.54, 1.807) is 62.3 Å². The van der Waals surface area contributed by atoms with Gasteiger partial charge in [-0.1, -0.05) is 90.5 Å². The highest BCUT2D eigenvalue weighted by Gasteiger charge is 2.37. The molecule has 0 saturated carbocycles. The van der Waals surface area contributed by atoms with Crippen molar-refractivity contribution in [3.63, 3.8) is 0 Å². The molecule has 3 heterocycles. The third-order valence-electron chi connectivity index (χ3n) is 12.3. The number of oxazole rings is 3. The van der Waals surface area contributed by atoms with Gasteiger partial charge in [0.2, 0.25) is 35.4 Å². The molecule has 24 nitrogen and oxygen atoms in total. The van der Waals surface area contributed by atoms with E-state index in [-0.39, 0.29) is 53.7 Å². The van der Waals surface area contributed by atoms with E-state index in [1.807, 2.05) is 44.2 Å². The predicted molar refractivity (Wildman–Crippen MR) is 291 cm³/mol. The quantitative estimate of drug-likeness (QED) is 0.0264. The predicted octanol–water partition coefficient (Wildman–Crippen LogP) is 5.31. The van der Waals surface area contributed by atoms with E-state index in [4.69, 9.17) is 27.5 Å². The molecule has 0 aliphatic carbocycles. The number of nitrogens with one attached hydrogen (secondary N) is 6. The summed E-state index contributed by atoms with van der Waals surface area (Å²) in [6, 6.07) is 2.66. The van der Waals surface area contributed by atoms with Crippen LogP contribution in [0.4, 0.5) is 4.79 Å². The van der Waals surface area contributed by atoms with Crippen LogP contribution < -0.4 is 31.9 Å². The zero-order valence-electron chi connectivity index (χ0n) is 47.8. The number of ether oxygens (including phenoxy) is 3. The summed E-state index contributed by atoms with van der Waals surface area (Å²) in [5.41, 5.74) is -1.44. The van der Waals surface area contributed by atoms with Crippen molar-refractivity contribution in [2.45, 2.75) is 175 Å². The molecule has 0 unspecified atom stereocenters. The van der Waals surface area contributed by atoms with Gasteiger partial charge in [-0.25, -0.2) is 24.5 Å². The Kier molecular flexibility index (Phi) is 23.5. The SMILES string of the molecule is CC[C@H](C)[C@H](NC(=O)OC(C)(C)C)C(=O)N[C@H](C(=O)N[C@@H](CO)c1nc(-c2nc(C(=O)N[C@@H](CO)c3nc(C(=O)N[C@H](C(=O)N[C@@H](Cc4ccccc4)C(=O)OCC[Si](C)(C)C)[C@H](C)OC(C)(C)C)co3)co2)co1)[C@@H](C)CC. The van der Waals surface area contributed by atoms with Crippen LogP contribution >= 0.6 is 0 Å². The lowest BCUT2D eigenvalue weighted by Crippen LogP contribution is -2.58. The zero-order valence-corrected chi connectivity index (χ0v) is 48.8. The summed E-state index contributed by atoms with van der Waals surface area (Å²) in [6.45, 7) is 24.5. The topological polar surface area (TPSA) is 338 Å². The van der Waals surface area contributed by atoms with Gasteiger partial charge < -0.3 is 69.6 Å². The second kappa shape index (κ2) is 28.8. The van der Waals surface area contributed by atoms with Crippen LogP contribution in [0, 0.1) is 11.8 Å². The summed E-state index contributed by atoms with van der Waals surface area (Å²) in [5.74, 6) is -5.76. The fourth-order valence-electron chi connectivity index (χ4n) is 7.64. The Balaban J connectivity index is 1.45. The summed E-state index contributed by atoms with van der Waals surface area (Å²) in [5, 5.41) is 36.7. The average molecular weight is 1120 g/mol. The van der Waals surface area contributed by atoms with Gasteiger partial charge in [0.1, 0.15) is 60.6 Å². The number of carbonyl (C=O) groups excluding carboxylic acids is 7. The summed E-state index contributed by atoms with van der Waals surface area (Å²) in [7, 11) is -1.56. The van der Waals surface area contributed by atoms with Gasteiger partial charge in [-0.2, -0.15) is 0 Å². The standard InChI is InChI=1S/C54H81N9O15Si/c1-15-30(3)40(61-46(69)41(31(4)16-2)63-52(72)78-54(9,10)11)45(68)57-36(26-65)49-60-39(29-76-49)50-59-37(27-75-50)43(66)56-35(25-64)48-58-38(28-74-48)44(67)62-42(32(5)77-53(6,7)8)47(70)55-34(24-33-20-18-17-19-21-33)51(71)73-22-23-79(12,13)14/h17-21,27-32,34-36,40-42,64-65H,15-16,22-26H2,1-14H3,(H,55,70)(H,56,66)(H,57,68)(H,61,69)(H,62,67)(H,63,72)/t30-,31-,32-,34-,35-,36-,40-,41-,42-/m0/s1. The number of hydrogen-bond acceptors (Lipinski definition) is 18. The van der Waals surface area contributed by atoms with Crippen LogP contribution in [-0.4, -0.2) is 136 Å². The van der Waals surface area contributed by atoms with Crippen LogP contribution in [0.15, 0.2) is 62.4 Å². The number of benzene rings is 1. The van der Waals surface area contributed by atoms with Gasteiger partial charge in [0.15, 0.2) is 17.1 Å². The molecule has 0 radical (unpaired) electrons. The maximum atomic E-state index is 14.1. The van der Waals surface area contributed by atoms with Crippen molar-refractivity contribution < 1.29 is 71.2 Å². The number of hydrogen-bond donors (Lipinski definition) is 8. The first-order valence-corrected chi connectivity index (χ1v) is 30.2. The van der Waals surface area contributed by atoms with Gasteiger partial charge in [0.05, 0.1) is 31.5 Å². The van der Waals surface area contributed by atoms with Gasteiger partial charge in [-0.05, 0) is 71.9 Å². The minimum absolute atomic E-state index is 0.0292. The monoisotopic (exact) mass is 1120 g/mol. The molecule has 0 fully saturated rings. The van der Waals surface area contributed by atoms with E-state index >= 15 is 0 Å². The number of carbonyl (C=O) groups is 7. The molecule has 0 aliphatic heterocycles. The van der Waals surface area contributed by atoms with Crippen LogP contribution in [-0.2, 0) is 39.8 Å². The molecule has 3 aromatic heterocycles. The first-order valence-electron chi connectivity index (χ1n) is 26.4. The third-order valence-corrected chi connectivity index (χ3v) is 14.0. The number of esters is 1. The van der Waals surface area contributed by atoms with Gasteiger partial charge in [-0.15, -0.1) is 0 Å². The van der Waals surface area contributed by atoms with E-state index in [1.165, 1.54) is 0 Å². The smallest absolute Gasteiger partial charge is 0.408 e. The third kappa shape index (κ3) is 20.3. The Bertz CT molecular complexity index is 2650. The molecule has 9 atom stereocenters. The molecule has 79 heavy (non-hydrogen) atoms. The Labute approximate surface area is 462 Å². The second-order valence-corrected chi connectivity index (χ2v) is 28.3. The normalized spacial score (nSPS) is 15.4. The highest BCUT2D eigenvalue weighted by atomic mass is 28.3. The lowest BCUT2D eigenvalue weighted by Gasteiger charge is -2.31. The molecule has 25 heteroatoms. The highest BCUT2D eigenvalue weighted by molar-refractivity contribution is 6.76. The molecular weight excluding hydrogens is 1040 g/mol. The summed E-state index contributed by atoms with van der Waals surface area (Å²) >= 11 is 0. The van der Waals surface area contributed by atoms with Gasteiger partial charge in [0, 0.05) is 14.5 Å². The van der Waals surface area contributed by atoms with Crippen LogP contribution in [0.2, 0.25) is 25.7 Å². The first-order chi connectivity index (χ1) is 37.0. The van der Waals surface area contributed by atoms with Gasteiger partial charge in [-0.3, -0.25) is 24.0 Å². The number of nitrogens with zero attached hydrogens (tertiary/aromatic N) is 3. The molecule has 436 valence electrons. The van der Waals surface area contributed by atoms with Crippen molar-refractivity contribution in [2.75, 3.05) is 19.8 Å². The number of amides is 6. The molecule has 6 amide bonds. The lowest BCUT2D eigenvalue weighted by molar-refractivity contribution is -0.148. The van der Waals surface area contributed by atoms with Crippen LogP contribution in [0.5, 0.6) is 0 Å². The van der Waals surface area contributed by atoms with E-state index in [0.717, 1.165) is 30.4 Å². The van der Waals surface area contributed by atoms with Crippen molar-refractivity contribution in [1.82, 2.24) is 46.9 Å². The van der Waals surface area contributed by atoms with Crippen molar-refractivity contribution >= 4 is 49.7 Å². The fraction of sp³-hybridized carbons (Fsp3) is 0.593. The van der Waals surface area contributed by atoms with Gasteiger partial charge >= 0.3 is 12.1 Å². The second-order valence-electron chi connectivity index (χ2n) is 22.6. The number of alkyl carbamates (subject to hydrolysis) is 1. The molecule has 8 N–H and O–H groups in total. The molecule has 0 spiro atoms. The Morgan fingerprint density at radius 3 is 1.75 bits per heavy atom. The Hall–Kier alpha value is -6.96. The first kappa shape index (κ1) is 64.6. The summed E-state index contributed by atoms with van der Waals surface area (Å²) in [6.07, 6.45) is 2.49. The average Bonchev–Trinajstić information content (AvgIpc) is 4.18. The van der Waals surface area contributed by atoms with Gasteiger partial charge in [0.25, 0.3) is 11.8 Å². The summed E-state index contributed by atoms with van der Waals surface area (Å²) in [4.78, 5) is 108. The molecular formula is C54H81N9O15Si. The number of aromatic nitrogens is 3. The lowest BCUT2D eigenvalue weighted by atomic mass is 9.95. The van der Waals surface area contributed by atoms with E-state index in [2.05, 4.69) is 66.5 Å². The van der Waals surface area contributed by atoms with Crippen molar-refractivity contribution in [2.24, 2.45) is 11.8 Å². The highest BCUT2D eigenvalue weighted by Crippen LogP contribution is 2.24. The Morgan fingerprint density at radius 1 is 0.633 bits per heavy atom. The molecule has 0 aliphatic rings. The molecule has 0 saturated heterocycles. The molecule has 1 aromatic carbocycles. The summed E-state index contributed by atoms with van der Waals surface area (Å²) < 4.78 is 33.8. The van der Waals surface area contributed by atoms with Crippen molar-refractivity contribution in [3.8, 4) is 11.6 Å². The zero-order chi connectivity index (χ0) is 59.0. The van der Waals surface area contributed by atoms with E-state index in [0.29, 0.717) is 12.8 Å². The van der Waals surface area contributed by atoms with E-state index < -0.39 is 122 Å². The van der Waals surface area contributed by atoms with Crippen molar-refractivity contribution in [3.05, 3.63) is 77.9 Å². The minimum Gasteiger partial charge on any atom is -0.464 e. The van der Waals surface area contributed by atoms with Crippen LogP contribution in [0.3, 0.4) is 0 Å². The van der Waals surface area contributed by atoms with E-state index in [9.17, 15) is 43.8 Å². The van der Waals surface area contributed by atoms with Crippen LogP contribution in [0.25, 0.3) is 11.6 Å². The maximum Gasteiger partial charge on any atom is 0.408 e. The molecule has 0 bridgehead atoms. The maximum absolute atomic E-state index is 14.1. The number of aliphatic hydroxyl groups is 2. The largest absolute Gasteiger partial charge is 0.464 e. The van der Waals surface area contributed by atoms with Crippen LogP contribution in [0.1, 0.15) is 139 Å².